The predicted molar refractivity (Wildman–Crippen MR) is 93.9 cm³/mol. The van der Waals surface area contributed by atoms with Gasteiger partial charge in [0.05, 0.1) is 21.6 Å². The molecule has 0 aliphatic heterocycles. The fourth-order valence-corrected chi connectivity index (χ4v) is 3.94. The number of anilines is 1. The Morgan fingerprint density at radius 2 is 1.88 bits per heavy atom. The first-order chi connectivity index (χ1) is 11.8. The average molecular weight is 373 g/mol. The highest BCUT2D eigenvalue weighted by Crippen LogP contribution is 2.24. The maximum absolute atomic E-state index is 12.4. The molecule has 0 saturated carbocycles. The van der Waals surface area contributed by atoms with Gasteiger partial charge in [0.15, 0.2) is 0 Å². The second kappa shape index (κ2) is 6.66. The van der Waals surface area contributed by atoms with Gasteiger partial charge in [0, 0.05) is 16.6 Å². The molecular formula is C17H13N2O4S2-. The number of thiazole rings is 1. The van der Waals surface area contributed by atoms with E-state index in [0.717, 1.165) is 22.3 Å². The topological polar surface area (TPSA) is 99.2 Å². The summed E-state index contributed by atoms with van der Waals surface area (Å²) in [4.78, 5) is 15.1. The zero-order chi connectivity index (χ0) is 18.0. The van der Waals surface area contributed by atoms with Gasteiger partial charge in [-0.1, -0.05) is 24.3 Å². The molecule has 0 aliphatic rings. The van der Waals surface area contributed by atoms with Gasteiger partial charge in [-0.2, -0.15) is 0 Å². The maximum atomic E-state index is 12.4. The van der Waals surface area contributed by atoms with Crippen molar-refractivity contribution < 1.29 is 18.3 Å². The van der Waals surface area contributed by atoms with Gasteiger partial charge in [-0.25, -0.2) is 13.4 Å². The molecule has 0 amide bonds. The third-order valence-corrected chi connectivity index (χ3v) is 5.58. The van der Waals surface area contributed by atoms with Crippen molar-refractivity contribution >= 4 is 33.0 Å². The summed E-state index contributed by atoms with van der Waals surface area (Å²) >= 11 is 1.54. The van der Waals surface area contributed by atoms with Gasteiger partial charge in [0.1, 0.15) is 0 Å². The summed E-state index contributed by atoms with van der Waals surface area (Å²) in [6, 6.07) is 11.8. The van der Waals surface area contributed by atoms with E-state index in [1.165, 1.54) is 29.5 Å². The minimum atomic E-state index is -3.90. The standard InChI is InChI=1S/C17H14N2O4S2/c1-11-18-16(10-24-11)12-5-7-14(8-6-12)19-25(22,23)15-4-2-3-13(9-15)17(20)21/h2-10,19H,1H3,(H,20,21)/p-1. The lowest BCUT2D eigenvalue weighted by Gasteiger charge is -2.10. The number of carbonyl (C=O) groups is 1. The highest BCUT2D eigenvalue weighted by Gasteiger charge is 2.15. The lowest BCUT2D eigenvalue weighted by molar-refractivity contribution is -0.255. The third-order valence-electron chi connectivity index (χ3n) is 3.43. The van der Waals surface area contributed by atoms with Crippen LogP contribution in [0.3, 0.4) is 0 Å². The number of nitrogens with zero attached hydrogens (tertiary/aromatic N) is 1. The molecule has 0 saturated heterocycles. The Hall–Kier alpha value is -2.71. The molecule has 0 aliphatic carbocycles. The van der Waals surface area contributed by atoms with Gasteiger partial charge in [0.2, 0.25) is 0 Å². The fourth-order valence-electron chi connectivity index (χ4n) is 2.21. The highest BCUT2D eigenvalue weighted by atomic mass is 32.2. The molecule has 0 radical (unpaired) electrons. The number of nitrogens with one attached hydrogen (secondary N) is 1. The summed E-state index contributed by atoms with van der Waals surface area (Å²) in [5, 5.41) is 13.8. The molecule has 2 aromatic carbocycles. The average Bonchev–Trinajstić information content (AvgIpc) is 3.02. The summed E-state index contributed by atoms with van der Waals surface area (Å²) in [7, 11) is -3.90. The van der Waals surface area contributed by atoms with Gasteiger partial charge < -0.3 is 9.90 Å². The highest BCUT2D eigenvalue weighted by molar-refractivity contribution is 7.92. The van der Waals surface area contributed by atoms with E-state index in [2.05, 4.69) is 9.71 Å². The number of carbonyl (C=O) groups excluding carboxylic acids is 1. The molecule has 0 unspecified atom stereocenters. The van der Waals surface area contributed by atoms with Crippen LogP contribution in [0.4, 0.5) is 5.69 Å². The van der Waals surface area contributed by atoms with Crippen LogP contribution in [0.15, 0.2) is 58.8 Å². The van der Waals surface area contributed by atoms with E-state index >= 15 is 0 Å². The van der Waals surface area contributed by atoms with Gasteiger partial charge >= 0.3 is 0 Å². The van der Waals surface area contributed by atoms with Crippen molar-refractivity contribution in [3.8, 4) is 11.3 Å². The minimum Gasteiger partial charge on any atom is -0.545 e. The van der Waals surface area contributed by atoms with Crippen molar-refractivity contribution in [2.24, 2.45) is 0 Å². The number of aromatic carboxylic acids is 1. The summed E-state index contributed by atoms with van der Waals surface area (Å²) in [5.41, 5.74) is 1.89. The number of rotatable bonds is 5. The van der Waals surface area contributed by atoms with Crippen molar-refractivity contribution in [1.82, 2.24) is 4.98 Å². The minimum absolute atomic E-state index is 0.145. The molecule has 1 heterocycles. The van der Waals surface area contributed by atoms with Crippen LogP contribution in [0.25, 0.3) is 11.3 Å². The lowest BCUT2D eigenvalue weighted by atomic mass is 10.1. The Bertz CT molecular complexity index is 1020. The molecule has 0 bridgehead atoms. The van der Waals surface area contributed by atoms with Crippen LogP contribution in [0.1, 0.15) is 15.4 Å². The van der Waals surface area contributed by atoms with Gasteiger partial charge in [0.25, 0.3) is 10.0 Å². The first-order valence-corrected chi connectivity index (χ1v) is 9.58. The Balaban J connectivity index is 1.83. The summed E-state index contributed by atoms with van der Waals surface area (Å²) in [6.45, 7) is 1.91. The second-order valence-electron chi connectivity index (χ2n) is 5.25. The largest absolute Gasteiger partial charge is 0.545 e. The number of hydrogen-bond donors (Lipinski definition) is 1. The fraction of sp³-hybridized carbons (Fsp3) is 0.0588. The van der Waals surface area contributed by atoms with E-state index in [1.54, 1.807) is 24.3 Å². The first kappa shape index (κ1) is 17.1. The van der Waals surface area contributed by atoms with Crippen molar-refractivity contribution in [1.29, 1.82) is 0 Å². The van der Waals surface area contributed by atoms with Crippen molar-refractivity contribution in [2.75, 3.05) is 4.72 Å². The SMILES string of the molecule is Cc1nc(-c2ccc(NS(=O)(=O)c3cccc(C(=O)[O-])c3)cc2)cs1. The number of hydrogen-bond acceptors (Lipinski definition) is 6. The number of carboxylic acid groups (broad SMARTS) is 1. The van der Waals surface area contributed by atoms with E-state index in [-0.39, 0.29) is 10.5 Å². The molecule has 3 rings (SSSR count). The zero-order valence-corrected chi connectivity index (χ0v) is 14.7. The summed E-state index contributed by atoms with van der Waals surface area (Å²) in [6.07, 6.45) is 0. The molecule has 0 fully saturated rings. The van der Waals surface area contributed by atoms with Crippen LogP contribution in [-0.2, 0) is 10.0 Å². The van der Waals surface area contributed by atoms with E-state index in [4.69, 9.17) is 0 Å². The molecule has 3 aromatic rings. The van der Waals surface area contributed by atoms with Crippen LogP contribution < -0.4 is 9.83 Å². The van der Waals surface area contributed by atoms with E-state index < -0.39 is 16.0 Å². The van der Waals surface area contributed by atoms with Gasteiger partial charge in [-0.15, -0.1) is 11.3 Å². The van der Waals surface area contributed by atoms with E-state index in [0.29, 0.717) is 5.69 Å². The summed E-state index contributed by atoms with van der Waals surface area (Å²) in [5.74, 6) is -1.43. The molecule has 1 N–H and O–H groups in total. The maximum Gasteiger partial charge on any atom is 0.261 e. The molecule has 1 aromatic heterocycles. The quantitative estimate of drug-likeness (QED) is 0.740. The number of aromatic nitrogens is 1. The number of benzene rings is 2. The molecule has 8 heteroatoms. The Kier molecular flexibility index (Phi) is 4.56. The Morgan fingerprint density at radius 1 is 1.16 bits per heavy atom. The van der Waals surface area contributed by atoms with Crippen molar-refractivity contribution in [2.45, 2.75) is 11.8 Å². The van der Waals surface area contributed by atoms with E-state index in [9.17, 15) is 18.3 Å². The van der Waals surface area contributed by atoms with Crippen molar-refractivity contribution in [3.05, 3.63) is 64.5 Å². The molecular weight excluding hydrogens is 360 g/mol. The van der Waals surface area contributed by atoms with E-state index in [1.807, 2.05) is 12.3 Å². The van der Waals surface area contributed by atoms with Crippen LogP contribution in [0, 0.1) is 6.92 Å². The monoisotopic (exact) mass is 373 g/mol. The Labute approximate surface area is 148 Å². The van der Waals surface area contributed by atoms with Crippen LogP contribution in [-0.4, -0.2) is 19.4 Å². The van der Waals surface area contributed by atoms with Gasteiger partial charge in [-0.3, -0.25) is 4.72 Å². The number of aryl methyl sites for hydroxylation is 1. The smallest absolute Gasteiger partial charge is 0.261 e. The van der Waals surface area contributed by atoms with Crippen LogP contribution >= 0.6 is 11.3 Å². The van der Waals surface area contributed by atoms with Gasteiger partial charge in [-0.05, 0) is 36.8 Å². The third kappa shape index (κ3) is 3.86. The van der Waals surface area contributed by atoms with Crippen LogP contribution in [0.2, 0.25) is 0 Å². The Morgan fingerprint density at radius 3 is 2.48 bits per heavy atom. The lowest BCUT2D eigenvalue weighted by Crippen LogP contribution is -2.23. The van der Waals surface area contributed by atoms with Crippen molar-refractivity contribution in [3.63, 3.8) is 0 Å². The molecule has 0 spiro atoms. The predicted octanol–water partition coefficient (Wildman–Crippen LogP) is 2.28. The zero-order valence-electron chi connectivity index (χ0n) is 13.1. The molecule has 25 heavy (non-hydrogen) atoms. The molecule has 6 nitrogen and oxygen atoms in total. The molecule has 128 valence electrons. The number of sulfonamides is 1. The first-order valence-electron chi connectivity index (χ1n) is 7.22. The van der Waals surface area contributed by atoms with Crippen LogP contribution in [0.5, 0.6) is 0 Å². The normalized spacial score (nSPS) is 11.2. The summed E-state index contributed by atoms with van der Waals surface area (Å²) < 4.78 is 27.2. The second-order valence-corrected chi connectivity index (χ2v) is 7.99. The molecule has 0 atom stereocenters. The number of carboxylic acids is 1.